The van der Waals surface area contributed by atoms with E-state index >= 15 is 0 Å². The zero-order valence-corrected chi connectivity index (χ0v) is 13.4. The zero-order valence-electron chi connectivity index (χ0n) is 12.6. The number of hydrogen-bond donors (Lipinski definition) is 1. The Labute approximate surface area is 138 Å². The second-order valence-electron chi connectivity index (χ2n) is 5.47. The smallest absolute Gasteiger partial charge is 0.276 e. The van der Waals surface area contributed by atoms with Crippen molar-refractivity contribution in [3.8, 4) is 11.3 Å². The molecule has 0 aliphatic carbocycles. The zero-order chi connectivity index (χ0) is 16.4. The van der Waals surface area contributed by atoms with Gasteiger partial charge in [-0.2, -0.15) is 0 Å². The quantitative estimate of drug-likeness (QED) is 0.926. The lowest BCUT2D eigenvalue weighted by Crippen LogP contribution is -2.38. The maximum atomic E-state index is 12.6. The van der Waals surface area contributed by atoms with Gasteiger partial charge in [-0.1, -0.05) is 28.9 Å². The Bertz CT molecular complexity index is 703. The van der Waals surface area contributed by atoms with Crippen molar-refractivity contribution in [3.05, 3.63) is 41.0 Å². The molecule has 1 aromatic heterocycles. The highest BCUT2D eigenvalue weighted by molar-refractivity contribution is 6.30. The lowest BCUT2D eigenvalue weighted by atomic mass is 10.1. The molecule has 0 saturated carbocycles. The summed E-state index contributed by atoms with van der Waals surface area (Å²) in [5, 5.41) is 13.9. The molecule has 1 aliphatic rings. The van der Waals surface area contributed by atoms with Gasteiger partial charge in [0.15, 0.2) is 11.5 Å². The number of likely N-dealkylation sites (tertiary alicyclic amines) is 1. The number of halogens is 1. The van der Waals surface area contributed by atoms with Crippen LogP contribution in [0.5, 0.6) is 0 Å². The Morgan fingerprint density at radius 1 is 1.52 bits per heavy atom. The van der Waals surface area contributed by atoms with Gasteiger partial charge < -0.3 is 19.3 Å². The topological polar surface area (TPSA) is 75.8 Å². The third kappa shape index (κ3) is 3.24. The maximum Gasteiger partial charge on any atom is 0.276 e. The van der Waals surface area contributed by atoms with Crippen molar-refractivity contribution in [2.45, 2.75) is 18.6 Å². The summed E-state index contributed by atoms with van der Waals surface area (Å²) in [4.78, 5) is 14.2. The van der Waals surface area contributed by atoms with Crippen LogP contribution < -0.4 is 0 Å². The van der Waals surface area contributed by atoms with Crippen LogP contribution in [0.4, 0.5) is 0 Å². The van der Waals surface area contributed by atoms with Crippen LogP contribution in [-0.4, -0.2) is 53.5 Å². The number of carbonyl (C=O) groups is 1. The van der Waals surface area contributed by atoms with Crippen LogP contribution in [0.2, 0.25) is 5.02 Å². The van der Waals surface area contributed by atoms with Gasteiger partial charge in [0, 0.05) is 30.3 Å². The number of benzene rings is 1. The number of aromatic nitrogens is 1. The summed E-state index contributed by atoms with van der Waals surface area (Å²) in [6.07, 6.45) is 0.535. The summed E-state index contributed by atoms with van der Waals surface area (Å²) in [7, 11) is 1.60. The Morgan fingerprint density at radius 2 is 2.35 bits per heavy atom. The van der Waals surface area contributed by atoms with Crippen LogP contribution in [0.15, 0.2) is 34.9 Å². The van der Waals surface area contributed by atoms with E-state index in [1.807, 2.05) is 6.07 Å². The molecule has 0 radical (unpaired) electrons. The van der Waals surface area contributed by atoms with Gasteiger partial charge in [0.1, 0.15) is 0 Å². The number of carbonyl (C=O) groups excluding carboxylic acids is 1. The van der Waals surface area contributed by atoms with Gasteiger partial charge in [-0.05, 0) is 18.6 Å². The predicted octanol–water partition coefficient (Wildman–Crippen LogP) is 2.22. The van der Waals surface area contributed by atoms with Crippen LogP contribution in [0.1, 0.15) is 16.9 Å². The van der Waals surface area contributed by atoms with E-state index in [0.717, 1.165) is 5.56 Å². The number of hydrogen-bond acceptors (Lipinski definition) is 5. The van der Waals surface area contributed by atoms with Crippen LogP contribution in [-0.2, 0) is 4.74 Å². The van der Waals surface area contributed by atoms with Gasteiger partial charge in [0.25, 0.3) is 5.91 Å². The molecule has 122 valence electrons. The number of nitrogens with zero attached hydrogens (tertiary/aromatic N) is 2. The second-order valence-corrected chi connectivity index (χ2v) is 5.91. The molecule has 2 aromatic rings. The predicted molar refractivity (Wildman–Crippen MR) is 84.3 cm³/mol. The molecule has 23 heavy (non-hydrogen) atoms. The summed E-state index contributed by atoms with van der Waals surface area (Å²) >= 11 is 5.96. The maximum absolute atomic E-state index is 12.6. The minimum atomic E-state index is -0.277. The second kappa shape index (κ2) is 6.70. The highest BCUT2D eigenvalue weighted by atomic mass is 35.5. The van der Waals surface area contributed by atoms with Crippen molar-refractivity contribution in [2.75, 3.05) is 20.3 Å². The average molecular weight is 337 g/mol. The lowest BCUT2D eigenvalue weighted by Gasteiger charge is -2.21. The van der Waals surface area contributed by atoms with Gasteiger partial charge in [0.05, 0.1) is 18.8 Å². The first-order chi connectivity index (χ1) is 11.1. The lowest BCUT2D eigenvalue weighted by molar-refractivity contribution is 0.0638. The van der Waals surface area contributed by atoms with Crippen molar-refractivity contribution in [1.29, 1.82) is 0 Å². The Morgan fingerprint density at radius 3 is 3.04 bits per heavy atom. The van der Waals surface area contributed by atoms with Crippen molar-refractivity contribution in [2.24, 2.45) is 0 Å². The first-order valence-corrected chi connectivity index (χ1v) is 7.67. The van der Waals surface area contributed by atoms with Crippen LogP contribution in [0.25, 0.3) is 11.3 Å². The fraction of sp³-hybridized carbons (Fsp3) is 0.375. The fourth-order valence-electron chi connectivity index (χ4n) is 2.77. The number of ether oxygens (including phenoxy) is 1. The number of rotatable bonds is 4. The molecule has 1 saturated heterocycles. The standard InChI is InChI=1S/C16H17ClN2O4/c1-22-13-6-12(9-20)19(8-13)16(21)14-7-15(23-18-14)10-3-2-4-11(17)5-10/h2-5,7,12-13,20H,6,8-9H2,1H3/t12-,13-/m0/s1. The van der Waals surface area contributed by atoms with E-state index in [1.165, 1.54) is 0 Å². The van der Waals surface area contributed by atoms with Gasteiger partial charge in [-0.3, -0.25) is 4.79 Å². The SMILES string of the molecule is CO[C@H]1C[C@@H](CO)N(C(=O)c2cc(-c3cccc(Cl)c3)on2)C1. The van der Waals surface area contributed by atoms with Crippen molar-refractivity contribution < 1.29 is 19.2 Å². The van der Waals surface area contributed by atoms with Crippen molar-refractivity contribution in [1.82, 2.24) is 10.1 Å². The Kier molecular flexibility index (Phi) is 4.66. The van der Waals surface area contributed by atoms with Crippen molar-refractivity contribution in [3.63, 3.8) is 0 Å². The molecule has 1 fully saturated rings. The number of methoxy groups -OCH3 is 1. The molecule has 7 heteroatoms. The third-order valence-electron chi connectivity index (χ3n) is 4.02. The summed E-state index contributed by atoms with van der Waals surface area (Å²) in [6, 6.07) is 8.45. The minimum Gasteiger partial charge on any atom is -0.394 e. The molecule has 0 unspecified atom stereocenters. The molecule has 1 aromatic carbocycles. The monoisotopic (exact) mass is 336 g/mol. The molecule has 2 atom stereocenters. The van der Waals surface area contributed by atoms with Gasteiger partial charge in [-0.15, -0.1) is 0 Å². The van der Waals surface area contributed by atoms with Gasteiger partial charge >= 0.3 is 0 Å². The van der Waals surface area contributed by atoms with E-state index in [-0.39, 0.29) is 30.4 Å². The van der Waals surface area contributed by atoms with E-state index in [4.69, 9.17) is 20.9 Å². The Balaban J connectivity index is 1.81. The van der Waals surface area contributed by atoms with Crippen LogP contribution >= 0.6 is 11.6 Å². The fourth-order valence-corrected chi connectivity index (χ4v) is 2.96. The molecule has 3 rings (SSSR count). The average Bonchev–Trinajstić information content (AvgIpc) is 3.21. The molecule has 1 aliphatic heterocycles. The highest BCUT2D eigenvalue weighted by Gasteiger charge is 2.36. The number of aliphatic hydroxyl groups is 1. The van der Waals surface area contributed by atoms with E-state index < -0.39 is 0 Å². The molecule has 2 heterocycles. The molecule has 1 amide bonds. The molecule has 0 bridgehead atoms. The van der Waals surface area contributed by atoms with Crippen LogP contribution in [0, 0.1) is 0 Å². The summed E-state index contributed by atoms with van der Waals surface area (Å²) in [6.45, 7) is 0.324. The molecular formula is C16H17ClN2O4. The number of aliphatic hydroxyl groups excluding tert-OH is 1. The Hall–Kier alpha value is -1.89. The first kappa shape index (κ1) is 16.0. The highest BCUT2D eigenvalue weighted by Crippen LogP contribution is 2.26. The molecule has 1 N–H and O–H groups in total. The van der Waals surface area contributed by atoms with Crippen LogP contribution in [0.3, 0.4) is 0 Å². The van der Waals surface area contributed by atoms with Gasteiger partial charge in [0.2, 0.25) is 0 Å². The van der Waals surface area contributed by atoms with E-state index in [9.17, 15) is 9.90 Å². The number of amides is 1. The molecule has 0 spiro atoms. The van der Waals surface area contributed by atoms with Gasteiger partial charge in [-0.25, -0.2) is 0 Å². The normalized spacial score (nSPS) is 20.9. The summed E-state index contributed by atoms with van der Waals surface area (Å²) in [5.41, 5.74) is 0.953. The minimum absolute atomic E-state index is 0.0737. The largest absolute Gasteiger partial charge is 0.394 e. The van der Waals surface area contributed by atoms with Crippen molar-refractivity contribution >= 4 is 17.5 Å². The van der Waals surface area contributed by atoms with E-state index in [2.05, 4.69) is 5.16 Å². The van der Waals surface area contributed by atoms with E-state index in [0.29, 0.717) is 23.7 Å². The third-order valence-corrected chi connectivity index (χ3v) is 4.25. The van der Waals surface area contributed by atoms with E-state index in [1.54, 1.807) is 36.3 Å². The summed E-state index contributed by atoms with van der Waals surface area (Å²) in [5.74, 6) is 0.194. The first-order valence-electron chi connectivity index (χ1n) is 7.29. The molecule has 6 nitrogen and oxygen atoms in total. The molecular weight excluding hydrogens is 320 g/mol. The summed E-state index contributed by atoms with van der Waals surface area (Å²) < 4.78 is 10.5.